The third kappa shape index (κ3) is 6.57. The lowest BCUT2D eigenvalue weighted by atomic mass is 10.1. The van der Waals surface area contributed by atoms with E-state index in [2.05, 4.69) is 38.7 Å². The van der Waals surface area contributed by atoms with Crippen molar-refractivity contribution in [3.8, 4) is 0 Å². The first-order valence-electron chi connectivity index (χ1n) is 9.95. The topological polar surface area (TPSA) is 55.8 Å². The van der Waals surface area contributed by atoms with Gasteiger partial charge in [-0.3, -0.25) is 4.79 Å². The fraction of sp³-hybridized carbons (Fsp3) is 0.667. The SMILES string of the molecule is CC/C=C/CCC=P(CC)(CC)C(=O)N(C)CC/C=C1\OC(=O)OC1(C)C. The van der Waals surface area contributed by atoms with Gasteiger partial charge in [-0.15, -0.1) is 0 Å². The highest BCUT2D eigenvalue weighted by molar-refractivity contribution is 7.89. The van der Waals surface area contributed by atoms with Gasteiger partial charge in [0.15, 0.2) is 11.4 Å². The lowest BCUT2D eigenvalue weighted by Crippen LogP contribution is -2.28. The summed E-state index contributed by atoms with van der Waals surface area (Å²) in [5.74, 6) is 2.83. The molecule has 1 amide bonds. The van der Waals surface area contributed by atoms with E-state index in [-0.39, 0.29) is 5.65 Å². The number of cyclic esters (lactones) is 2. The van der Waals surface area contributed by atoms with Gasteiger partial charge >= 0.3 is 6.16 Å². The highest BCUT2D eigenvalue weighted by Crippen LogP contribution is 2.48. The molecule has 5 nitrogen and oxygen atoms in total. The molecule has 0 aromatic carbocycles. The first-order valence-corrected chi connectivity index (χ1v) is 12.2. The van der Waals surface area contributed by atoms with Gasteiger partial charge in [0.1, 0.15) is 0 Å². The minimum absolute atomic E-state index is 0.268. The van der Waals surface area contributed by atoms with Crippen molar-refractivity contribution in [1.82, 2.24) is 4.90 Å². The quantitative estimate of drug-likeness (QED) is 0.200. The van der Waals surface area contributed by atoms with E-state index in [0.717, 1.165) is 31.6 Å². The molecule has 1 heterocycles. The number of nitrogens with zero attached hydrogens (tertiary/aromatic N) is 1. The zero-order valence-corrected chi connectivity index (χ0v) is 18.7. The Kier molecular flexibility index (Phi) is 9.38. The molecular weight excluding hydrogens is 361 g/mol. The van der Waals surface area contributed by atoms with Crippen molar-refractivity contribution in [2.75, 3.05) is 25.9 Å². The van der Waals surface area contributed by atoms with Gasteiger partial charge in [0, 0.05) is 13.6 Å². The number of ether oxygens (including phenoxy) is 2. The average Bonchev–Trinajstić information content (AvgIpc) is 2.89. The fourth-order valence-corrected chi connectivity index (χ4v) is 6.22. The van der Waals surface area contributed by atoms with E-state index in [1.807, 2.05) is 18.0 Å². The zero-order valence-electron chi connectivity index (χ0n) is 17.8. The molecule has 0 aromatic heterocycles. The summed E-state index contributed by atoms with van der Waals surface area (Å²) in [6.45, 7) is 8.82. The molecule has 0 radical (unpaired) electrons. The van der Waals surface area contributed by atoms with E-state index in [9.17, 15) is 9.59 Å². The summed E-state index contributed by atoms with van der Waals surface area (Å²) in [7, 11) is 1.87. The molecule has 1 aliphatic rings. The van der Waals surface area contributed by atoms with Gasteiger partial charge in [-0.05, 0) is 64.8 Å². The molecule has 1 fully saturated rings. The number of rotatable bonds is 10. The Morgan fingerprint density at radius 2 is 1.78 bits per heavy atom. The molecule has 0 spiro atoms. The van der Waals surface area contributed by atoms with Crippen molar-refractivity contribution < 1.29 is 19.1 Å². The second-order valence-corrected chi connectivity index (χ2v) is 11.4. The Balaban J connectivity index is 2.74. The summed E-state index contributed by atoms with van der Waals surface area (Å²) >= 11 is 0. The van der Waals surface area contributed by atoms with Crippen LogP contribution >= 0.6 is 6.89 Å². The first-order chi connectivity index (χ1) is 12.7. The van der Waals surface area contributed by atoms with Crippen molar-refractivity contribution >= 4 is 24.5 Å². The largest absolute Gasteiger partial charge is 0.514 e. The van der Waals surface area contributed by atoms with Gasteiger partial charge in [0.2, 0.25) is 5.65 Å². The predicted molar refractivity (Wildman–Crippen MR) is 115 cm³/mol. The molecule has 0 aliphatic carbocycles. The van der Waals surface area contributed by atoms with Gasteiger partial charge < -0.3 is 14.4 Å². The number of carbonyl (C=O) groups is 2. The fourth-order valence-electron chi connectivity index (χ4n) is 3.14. The van der Waals surface area contributed by atoms with Crippen molar-refractivity contribution in [3.63, 3.8) is 0 Å². The standard InChI is InChI=1S/C21H36NO4P/c1-7-10-11-12-13-17-27(8-2,9-3)19(23)22(6)16-14-15-18-21(4,5)26-20(24)25-18/h10-11,15,17H,7-9,12-14,16H2,1-6H3/b11-10+,18-15-. The van der Waals surface area contributed by atoms with Crippen LogP contribution in [-0.2, 0) is 9.47 Å². The lowest BCUT2D eigenvalue weighted by molar-refractivity contribution is 0.0872. The molecule has 0 bridgehead atoms. The summed E-state index contributed by atoms with van der Waals surface area (Å²) in [4.78, 5) is 26.3. The van der Waals surface area contributed by atoms with Crippen LogP contribution in [0.5, 0.6) is 0 Å². The van der Waals surface area contributed by atoms with Gasteiger partial charge in [-0.1, -0.05) is 38.7 Å². The summed E-state index contributed by atoms with van der Waals surface area (Å²) in [6, 6.07) is 0. The number of carbonyl (C=O) groups excluding carboxylic acids is 2. The van der Waals surface area contributed by atoms with Crippen LogP contribution in [0.25, 0.3) is 0 Å². The Labute approximate surface area is 164 Å². The van der Waals surface area contributed by atoms with Crippen molar-refractivity contribution in [2.24, 2.45) is 0 Å². The summed E-state index contributed by atoms with van der Waals surface area (Å²) < 4.78 is 10.2. The minimum atomic E-state index is -1.76. The molecular formula is C21H36NO4P. The Morgan fingerprint density at radius 1 is 1.11 bits per heavy atom. The highest BCUT2D eigenvalue weighted by Gasteiger charge is 2.38. The molecule has 1 rings (SSSR count). The number of amides is 1. The molecule has 27 heavy (non-hydrogen) atoms. The zero-order chi connectivity index (χ0) is 20.5. The number of unbranched alkanes of at least 4 members (excludes halogenated alkanes) is 1. The molecule has 0 saturated carbocycles. The van der Waals surface area contributed by atoms with Crippen LogP contribution in [0, 0.1) is 0 Å². The summed E-state index contributed by atoms with van der Waals surface area (Å²) in [5.41, 5.74) is -0.465. The Bertz CT molecular complexity index is 626. The maximum atomic E-state index is 13.1. The van der Waals surface area contributed by atoms with Gasteiger partial charge in [0.05, 0.1) is 0 Å². The highest BCUT2D eigenvalue weighted by atomic mass is 31.2. The average molecular weight is 397 g/mol. The molecule has 1 aliphatic heterocycles. The molecule has 0 unspecified atom stereocenters. The number of hydrogen-bond donors (Lipinski definition) is 0. The molecule has 1 saturated heterocycles. The molecule has 0 aromatic rings. The van der Waals surface area contributed by atoms with Gasteiger partial charge in [-0.2, -0.15) is 0 Å². The normalized spacial score (nSPS) is 17.9. The Morgan fingerprint density at radius 3 is 2.30 bits per heavy atom. The smallest absolute Gasteiger partial charge is 0.420 e. The lowest BCUT2D eigenvalue weighted by Gasteiger charge is -2.28. The van der Waals surface area contributed by atoms with Crippen LogP contribution < -0.4 is 0 Å². The second-order valence-electron chi connectivity index (χ2n) is 7.33. The van der Waals surface area contributed by atoms with E-state index in [1.165, 1.54) is 0 Å². The predicted octanol–water partition coefficient (Wildman–Crippen LogP) is 5.86. The van der Waals surface area contributed by atoms with Crippen LogP contribution in [-0.4, -0.2) is 54.0 Å². The van der Waals surface area contributed by atoms with Crippen LogP contribution in [0.3, 0.4) is 0 Å². The molecule has 154 valence electrons. The molecule has 0 N–H and O–H groups in total. The maximum absolute atomic E-state index is 13.1. The van der Waals surface area contributed by atoms with Crippen molar-refractivity contribution in [2.45, 2.75) is 65.9 Å². The number of allylic oxidation sites excluding steroid dienone is 2. The van der Waals surface area contributed by atoms with E-state index in [4.69, 9.17) is 9.47 Å². The van der Waals surface area contributed by atoms with Crippen molar-refractivity contribution in [1.29, 1.82) is 0 Å². The summed E-state index contributed by atoms with van der Waals surface area (Å²) in [5, 5.41) is 0. The first kappa shape index (κ1) is 23.6. The second kappa shape index (κ2) is 10.8. The van der Waals surface area contributed by atoms with E-state index < -0.39 is 18.6 Å². The van der Waals surface area contributed by atoms with Crippen LogP contribution in [0.15, 0.2) is 24.0 Å². The van der Waals surface area contributed by atoms with Gasteiger partial charge in [0.25, 0.3) is 0 Å². The van der Waals surface area contributed by atoms with E-state index in [0.29, 0.717) is 18.7 Å². The van der Waals surface area contributed by atoms with E-state index >= 15 is 0 Å². The number of hydrogen-bond acceptors (Lipinski definition) is 4. The van der Waals surface area contributed by atoms with Crippen LogP contribution in [0.2, 0.25) is 0 Å². The maximum Gasteiger partial charge on any atom is 0.514 e. The van der Waals surface area contributed by atoms with Crippen LogP contribution in [0.1, 0.15) is 60.3 Å². The third-order valence-corrected chi connectivity index (χ3v) is 9.29. The van der Waals surface area contributed by atoms with Crippen LogP contribution in [0.4, 0.5) is 9.59 Å². The summed E-state index contributed by atoms with van der Waals surface area (Å²) in [6.07, 6.45) is 11.0. The minimum Gasteiger partial charge on any atom is -0.420 e. The monoisotopic (exact) mass is 397 g/mol. The van der Waals surface area contributed by atoms with Gasteiger partial charge in [-0.25, -0.2) is 4.79 Å². The third-order valence-electron chi connectivity index (χ3n) is 4.97. The van der Waals surface area contributed by atoms with Crippen molar-refractivity contribution in [3.05, 3.63) is 24.0 Å². The molecule has 0 atom stereocenters. The van der Waals surface area contributed by atoms with E-state index in [1.54, 1.807) is 13.8 Å². The Hall–Kier alpha value is -1.48. The molecule has 6 heteroatoms.